The van der Waals surface area contributed by atoms with Crippen LogP contribution in [-0.4, -0.2) is 13.4 Å². The SMILES string of the molecule is C[C@@H](NS(=O)(=O)c1ccc2ccccc2c1)c1ccccn1. The Kier molecular flexibility index (Phi) is 3.92. The minimum Gasteiger partial charge on any atom is -0.260 e. The normalized spacial score (nSPS) is 13.1. The molecule has 22 heavy (non-hydrogen) atoms. The second-order valence-electron chi connectivity index (χ2n) is 5.11. The minimum atomic E-state index is -3.59. The fourth-order valence-corrected chi connectivity index (χ4v) is 3.58. The van der Waals surface area contributed by atoms with Crippen LogP contribution in [0.2, 0.25) is 0 Å². The van der Waals surface area contributed by atoms with Crippen molar-refractivity contribution in [3.63, 3.8) is 0 Å². The van der Waals surface area contributed by atoms with Crippen LogP contribution >= 0.6 is 0 Å². The number of fused-ring (bicyclic) bond motifs is 1. The molecule has 0 aliphatic heterocycles. The zero-order chi connectivity index (χ0) is 15.6. The highest BCUT2D eigenvalue weighted by Gasteiger charge is 2.19. The van der Waals surface area contributed by atoms with Gasteiger partial charge in [-0.05, 0) is 42.0 Å². The van der Waals surface area contributed by atoms with Gasteiger partial charge in [-0.1, -0.05) is 36.4 Å². The molecule has 0 fully saturated rings. The Morgan fingerprint density at radius 1 is 0.955 bits per heavy atom. The molecule has 0 aliphatic carbocycles. The number of hydrogen-bond acceptors (Lipinski definition) is 3. The van der Waals surface area contributed by atoms with E-state index in [1.807, 2.05) is 36.4 Å². The molecule has 2 aromatic carbocycles. The zero-order valence-corrected chi connectivity index (χ0v) is 12.9. The molecule has 1 N–H and O–H groups in total. The number of pyridine rings is 1. The Hall–Kier alpha value is -2.24. The van der Waals surface area contributed by atoms with Crippen LogP contribution in [0.25, 0.3) is 10.8 Å². The highest BCUT2D eigenvalue weighted by atomic mass is 32.2. The van der Waals surface area contributed by atoms with Gasteiger partial charge < -0.3 is 0 Å². The van der Waals surface area contributed by atoms with Crippen molar-refractivity contribution < 1.29 is 8.42 Å². The summed E-state index contributed by atoms with van der Waals surface area (Å²) in [5.41, 5.74) is 0.687. The maximum absolute atomic E-state index is 12.5. The number of aromatic nitrogens is 1. The van der Waals surface area contributed by atoms with E-state index in [2.05, 4.69) is 9.71 Å². The van der Waals surface area contributed by atoms with Crippen molar-refractivity contribution in [3.05, 3.63) is 72.6 Å². The van der Waals surface area contributed by atoms with E-state index in [0.29, 0.717) is 5.69 Å². The van der Waals surface area contributed by atoms with Crippen molar-refractivity contribution >= 4 is 20.8 Å². The number of sulfonamides is 1. The molecule has 0 radical (unpaired) electrons. The summed E-state index contributed by atoms with van der Waals surface area (Å²) >= 11 is 0. The van der Waals surface area contributed by atoms with Crippen LogP contribution in [0.4, 0.5) is 0 Å². The lowest BCUT2D eigenvalue weighted by atomic mass is 10.1. The maximum Gasteiger partial charge on any atom is 0.241 e. The van der Waals surface area contributed by atoms with Crippen molar-refractivity contribution in [1.82, 2.24) is 9.71 Å². The largest absolute Gasteiger partial charge is 0.260 e. The van der Waals surface area contributed by atoms with Crippen LogP contribution in [0.15, 0.2) is 71.8 Å². The fourth-order valence-electron chi connectivity index (χ4n) is 2.33. The minimum absolute atomic E-state index is 0.258. The fraction of sp³-hybridized carbons (Fsp3) is 0.118. The van der Waals surface area contributed by atoms with Crippen molar-refractivity contribution in [3.8, 4) is 0 Å². The molecule has 3 rings (SSSR count). The van der Waals surface area contributed by atoms with Crippen molar-refractivity contribution in [2.75, 3.05) is 0 Å². The predicted octanol–water partition coefficient (Wildman–Crippen LogP) is 3.27. The Bertz CT molecular complexity index is 893. The van der Waals surface area contributed by atoms with E-state index in [0.717, 1.165) is 10.8 Å². The molecule has 0 saturated carbocycles. The van der Waals surface area contributed by atoms with Gasteiger partial charge in [0.2, 0.25) is 10.0 Å². The van der Waals surface area contributed by atoms with Gasteiger partial charge in [0, 0.05) is 6.20 Å². The molecule has 0 aliphatic rings. The number of hydrogen-bond donors (Lipinski definition) is 1. The number of nitrogens with zero attached hydrogens (tertiary/aromatic N) is 1. The lowest BCUT2D eigenvalue weighted by Gasteiger charge is -2.14. The lowest BCUT2D eigenvalue weighted by Crippen LogP contribution is -2.27. The summed E-state index contributed by atoms with van der Waals surface area (Å²) < 4.78 is 27.7. The second kappa shape index (κ2) is 5.87. The third kappa shape index (κ3) is 3.00. The first-order valence-corrected chi connectivity index (χ1v) is 8.47. The van der Waals surface area contributed by atoms with Crippen LogP contribution in [-0.2, 0) is 10.0 Å². The molecule has 0 amide bonds. The molecule has 0 spiro atoms. The van der Waals surface area contributed by atoms with E-state index in [4.69, 9.17) is 0 Å². The summed E-state index contributed by atoms with van der Waals surface area (Å²) in [7, 11) is -3.59. The van der Waals surface area contributed by atoms with E-state index < -0.39 is 16.1 Å². The number of benzene rings is 2. The molecule has 4 nitrogen and oxygen atoms in total. The lowest BCUT2D eigenvalue weighted by molar-refractivity contribution is 0.564. The van der Waals surface area contributed by atoms with Gasteiger partial charge in [0.05, 0.1) is 16.6 Å². The van der Waals surface area contributed by atoms with Gasteiger partial charge >= 0.3 is 0 Å². The highest BCUT2D eigenvalue weighted by Crippen LogP contribution is 2.20. The third-order valence-corrected chi connectivity index (χ3v) is 5.03. The standard InChI is InChI=1S/C17H16N2O2S/c1-13(17-8-4-5-11-18-17)19-22(20,21)16-10-9-14-6-2-3-7-15(14)12-16/h2-13,19H,1H3/t13-/m1/s1. The monoisotopic (exact) mass is 312 g/mol. The topological polar surface area (TPSA) is 59.1 Å². The molecular formula is C17H16N2O2S. The first kappa shape index (κ1) is 14.7. The summed E-state index contributed by atoms with van der Waals surface area (Å²) in [6.45, 7) is 1.78. The molecule has 0 unspecified atom stereocenters. The average molecular weight is 312 g/mol. The maximum atomic E-state index is 12.5. The van der Waals surface area contributed by atoms with Crippen molar-refractivity contribution in [2.45, 2.75) is 17.9 Å². The summed E-state index contributed by atoms with van der Waals surface area (Å²) in [4.78, 5) is 4.44. The van der Waals surface area contributed by atoms with E-state index in [-0.39, 0.29) is 4.90 Å². The molecule has 1 heterocycles. The van der Waals surface area contributed by atoms with Crippen LogP contribution in [0.1, 0.15) is 18.7 Å². The Balaban J connectivity index is 1.91. The first-order chi connectivity index (χ1) is 10.6. The number of nitrogens with one attached hydrogen (secondary N) is 1. The Morgan fingerprint density at radius 3 is 2.41 bits per heavy atom. The number of rotatable bonds is 4. The molecule has 1 aromatic heterocycles. The van der Waals surface area contributed by atoms with Crippen LogP contribution < -0.4 is 4.72 Å². The quantitative estimate of drug-likeness (QED) is 0.804. The predicted molar refractivity (Wildman–Crippen MR) is 86.9 cm³/mol. The van der Waals surface area contributed by atoms with E-state index >= 15 is 0 Å². The molecule has 0 bridgehead atoms. The molecule has 5 heteroatoms. The van der Waals surface area contributed by atoms with Crippen molar-refractivity contribution in [1.29, 1.82) is 0 Å². The molecule has 112 valence electrons. The first-order valence-electron chi connectivity index (χ1n) is 6.98. The van der Waals surface area contributed by atoms with E-state index in [1.165, 1.54) is 0 Å². The summed E-state index contributed by atoms with van der Waals surface area (Å²) in [6, 6.07) is 17.8. The molecular weight excluding hydrogens is 296 g/mol. The van der Waals surface area contributed by atoms with Gasteiger partial charge in [0.15, 0.2) is 0 Å². The van der Waals surface area contributed by atoms with Crippen molar-refractivity contribution in [2.24, 2.45) is 0 Å². The summed E-state index contributed by atoms with van der Waals surface area (Å²) in [5, 5.41) is 1.91. The Labute approximate surface area is 129 Å². The van der Waals surface area contributed by atoms with E-state index in [9.17, 15) is 8.42 Å². The molecule has 0 saturated heterocycles. The third-order valence-electron chi connectivity index (χ3n) is 3.49. The van der Waals surface area contributed by atoms with Crippen LogP contribution in [0, 0.1) is 0 Å². The summed E-state index contributed by atoms with van der Waals surface area (Å²) in [5.74, 6) is 0. The molecule has 1 atom stereocenters. The van der Waals surface area contributed by atoms with Gasteiger partial charge in [-0.3, -0.25) is 4.98 Å². The van der Waals surface area contributed by atoms with Crippen LogP contribution in [0.5, 0.6) is 0 Å². The second-order valence-corrected chi connectivity index (χ2v) is 6.82. The Morgan fingerprint density at radius 2 is 1.68 bits per heavy atom. The van der Waals surface area contributed by atoms with E-state index in [1.54, 1.807) is 37.4 Å². The highest BCUT2D eigenvalue weighted by molar-refractivity contribution is 7.89. The van der Waals surface area contributed by atoms with Crippen LogP contribution in [0.3, 0.4) is 0 Å². The van der Waals surface area contributed by atoms with Gasteiger partial charge in [-0.15, -0.1) is 0 Å². The van der Waals surface area contributed by atoms with Gasteiger partial charge in [0.1, 0.15) is 0 Å². The van der Waals surface area contributed by atoms with Gasteiger partial charge in [0.25, 0.3) is 0 Å². The van der Waals surface area contributed by atoms with Gasteiger partial charge in [-0.2, -0.15) is 0 Å². The smallest absolute Gasteiger partial charge is 0.241 e. The molecule has 3 aromatic rings. The summed E-state index contributed by atoms with van der Waals surface area (Å²) in [6.07, 6.45) is 1.65. The van der Waals surface area contributed by atoms with Gasteiger partial charge in [-0.25, -0.2) is 13.1 Å². The average Bonchev–Trinajstić information content (AvgIpc) is 2.55. The zero-order valence-electron chi connectivity index (χ0n) is 12.1.